The summed E-state index contributed by atoms with van der Waals surface area (Å²) in [6.45, 7) is 2.22. The fourth-order valence-electron chi connectivity index (χ4n) is 2.81. The largest absolute Gasteiger partial charge is 0.477 e. The van der Waals surface area contributed by atoms with Crippen LogP contribution in [0.25, 0.3) is 0 Å². The first-order chi connectivity index (χ1) is 11.3. The molecule has 2 heterocycles. The van der Waals surface area contributed by atoms with Gasteiger partial charge in [-0.15, -0.1) is 0 Å². The summed E-state index contributed by atoms with van der Waals surface area (Å²) >= 11 is 0. The zero-order chi connectivity index (χ0) is 16.1. The molecule has 1 aromatic carbocycles. The number of nitrogens with zero attached hydrogens (tertiary/aromatic N) is 3. The Morgan fingerprint density at radius 3 is 2.74 bits per heavy atom. The van der Waals surface area contributed by atoms with Crippen LogP contribution in [0.4, 0.5) is 10.1 Å². The predicted octanol–water partition coefficient (Wildman–Crippen LogP) is 3.39. The zero-order valence-electron chi connectivity index (χ0n) is 12.8. The minimum absolute atomic E-state index is 0.327. The summed E-state index contributed by atoms with van der Waals surface area (Å²) < 4.78 is 19.8. The third-order valence-corrected chi connectivity index (χ3v) is 4.14. The topological polar surface area (TPSA) is 49.2 Å². The highest BCUT2D eigenvalue weighted by molar-refractivity contribution is 5.51. The number of rotatable bonds is 4. The number of pyridine rings is 1. The molecule has 2 aromatic rings. The number of nitriles is 1. The number of anilines is 1. The van der Waals surface area contributed by atoms with Crippen LogP contribution < -0.4 is 9.64 Å². The van der Waals surface area contributed by atoms with Gasteiger partial charge in [0.1, 0.15) is 5.82 Å². The molecule has 3 rings (SSSR count). The molecule has 118 valence electrons. The van der Waals surface area contributed by atoms with Gasteiger partial charge in [0, 0.05) is 25.4 Å². The van der Waals surface area contributed by atoms with Crippen LogP contribution in [0.15, 0.2) is 42.6 Å². The molecule has 0 spiro atoms. The Labute approximate surface area is 135 Å². The van der Waals surface area contributed by atoms with E-state index in [9.17, 15) is 4.39 Å². The number of benzene rings is 1. The van der Waals surface area contributed by atoms with Crippen molar-refractivity contribution in [3.05, 3.63) is 54.0 Å². The van der Waals surface area contributed by atoms with Gasteiger partial charge in [0.2, 0.25) is 5.88 Å². The minimum atomic E-state index is -0.327. The summed E-state index contributed by atoms with van der Waals surface area (Å²) in [5.74, 6) is 0.773. The molecule has 1 saturated heterocycles. The van der Waals surface area contributed by atoms with Gasteiger partial charge < -0.3 is 9.64 Å². The van der Waals surface area contributed by atoms with Gasteiger partial charge in [-0.05, 0) is 43.0 Å². The van der Waals surface area contributed by atoms with Crippen LogP contribution in [-0.2, 0) is 0 Å². The number of hydrogen-bond acceptors (Lipinski definition) is 4. The molecule has 1 aliphatic heterocycles. The second kappa shape index (κ2) is 7.10. The van der Waals surface area contributed by atoms with E-state index in [2.05, 4.69) is 4.98 Å². The standard InChI is InChI=1S/C18H18FN3O/c19-16-11-15(12-20)4-5-17(16)22-9-6-14(7-10-22)13-23-18-3-1-2-8-21-18/h1-5,8,11,14H,6-7,9-10,13H2. The van der Waals surface area contributed by atoms with E-state index in [4.69, 9.17) is 10.00 Å². The summed E-state index contributed by atoms with van der Waals surface area (Å²) in [6.07, 6.45) is 3.62. The zero-order valence-corrected chi connectivity index (χ0v) is 12.8. The number of hydrogen-bond donors (Lipinski definition) is 0. The van der Waals surface area contributed by atoms with E-state index in [1.165, 1.54) is 6.07 Å². The SMILES string of the molecule is N#Cc1ccc(N2CCC(COc3ccccn3)CC2)c(F)c1. The van der Waals surface area contributed by atoms with Crippen molar-refractivity contribution in [1.29, 1.82) is 5.26 Å². The quantitative estimate of drug-likeness (QED) is 0.868. The fourth-order valence-corrected chi connectivity index (χ4v) is 2.81. The van der Waals surface area contributed by atoms with Crippen LogP contribution in [0.3, 0.4) is 0 Å². The van der Waals surface area contributed by atoms with E-state index in [1.54, 1.807) is 18.3 Å². The maximum Gasteiger partial charge on any atom is 0.213 e. The molecule has 0 amide bonds. The predicted molar refractivity (Wildman–Crippen MR) is 85.8 cm³/mol. The van der Waals surface area contributed by atoms with E-state index < -0.39 is 0 Å². The molecule has 0 N–H and O–H groups in total. The van der Waals surface area contributed by atoms with Crippen LogP contribution >= 0.6 is 0 Å². The summed E-state index contributed by atoms with van der Waals surface area (Å²) in [5, 5.41) is 8.80. The van der Waals surface area contributed by atoms with Crippen molar-refractivity contribution < 1.29 is 9.13 Å². The maximum absolute atomic E-state index is 14.1. The van der Waals surface area contributed by atoms with Crippen molar-refractivity contribution in [3.8, 4) is 11.9 Å². The van der Waals surface area contributed by atoms with E-state index in [0.717, 1.165) is 25.9 Å². The van der Waals surface area contributed by atoms with Gasteiger partial charge in [-0.2, -0.15) is 5.26 Å². The number of piperidine rings is 1. The molecule has 4 nitrogen and oxygen atoms in total. The molecule has 0 bridgehead atoms. The lowest BCUT2D eigenvalue weighted by atomic mass is 9.97. The van der Waals surface area contributed by atoms with E-state index >= 15 is 0 Å². The fraction of sp³-hybridized carbons (Fsp3) is 0.333. The Hall–Kier alpha value is -2.61. The molecule has 1 aromatic heterocycles. The first-order valence-corrected chi connectivity index (χ1v) is 7.74. The van der Waals surface area contributed by atoms with Crippen molar-refractivity contribution in [3.63, 3.8) is 0 Å². The smallest absolute Gasteiger partial charge is 0.213 e. The Morgan fingerprint density at radius 2 is 2.09 bits per heavy atom. The number of aromatic nitrogens is 1. The highest BCUT2D eigenvalue weighted by Crippen LogP contribution is 2.26. The van der Waals surface area contributed by atoms with Crippen molar-refractivity contribution in [2.45, 2.75) is 12.8 Å². The summed E-state index contributed by atoms with van der Waals surface area (Å²) in [5.41, 5.74) is 0.929. The molecule has 0 atom stereocenters. The van der Waals surface area contributed by atoms with Gasteiger partial charge in [0.15, 0.2) is 0 Å². The van der Waals surface area contributed by atoms with Gasteiger partial charge in [-0.25, -0.2) is 9.37 Å². The van der Waals surface area contributed by atoms with Crippen LogP contribution in [0, 0.1) is 23.1 Å². The van der Waals surface area contributed by atoms with Crippen LogP contribution in [0.2, 0.25) is 0 Å². The monoisotopic (exact) mass is 311 g/mol. The molecular formula is C18H18FN3O. The lowest BCUT2D eigenvalue weighted by molar-refractivity contribution is 0.216. The van der Waals surface area contributed by atoms with Gasteiger partial charge >= 0.3 is 0 Å². The van der Waals surface area contributed by atoms with E-state index in [-0.39, 0.29) is 5.82 Å². The Bertz CT molecular complexity index is 691. The van der Waals surface area contributed by atoms with Crippen molar-refractivity contribution in [1.82, 2.24) is 4.98 Å². The van der Waals surface area contributed by atoms with Crippen LogP contribution in [-0.4, -0.2) is 24.7 Å². The lowest BCUT2D eigenvalue weighted by Crippen LogP contribution is -2.36. The normalized spacial score (nSPS) is 15.2. The number of halogens is 1. The van der Waals surface area contributed by atoms with E-state index in [1.807, 2.05) is 29.2 Å². The molecule has 0 aliphatic carbocycles. The second-order valence-electron chi connectivity index (χ2n) is 5.69. The summed E-state index contributed by atoms with van der Waals surface area (Å²) in [4.78, 5) is 6.18. The highest BCUT2D eigenvalue weighted by atomic mass is 19.1. The molecule has 1 fully saturated rings. The van der Waals surface area contributed by atoms with Gasteiger partial charge in [-0.1, -0.05) is 6.07 Å². The molecule has 0 radical (unpaired) electrons. The average molecular weight is 311 g/mol. The maximum atomic E-state index is 14.1. The second-order valence-corrected chi connectivity index (χ2v) is 5.69. The molecule has 5 heteroatoms. The molecule has 0 saturated carbocycles. The minimum Gasteiger partial charge on any atom is -0.477 e. The average Bonchev–Trinajstić information content (AvgIpc) is 2.61. The number of ether oxygens (including phenoxy) is 1. The Kier molecular flexibility index (Phi) is 4.72. The highest BCUT2D eigenvalue weighted by Gasteiger charge is 2.22. The third-order valence-electron chi connectivity index (χ3n) is 4.14. The summed E-state index contributed by atoms with van der Waals surface area (Å²) in [6, 6.07) is 12.2. The van der Waals surface area contributed by atoms with Crippen LogP contribution in [0.5, 0.6) is 5.88 Å². The third kappa shape index (κ3) is 3.78. The first kappa shape index (κ1) is 15.3. The van der Waals surface area contributed by atoms with Gasteiger partial charge in [-0.3, -0.25) is 0 Å². The summed E-state index contributed by atoms with van der Waals surface area (Å²) in [7, 11) is 0. The molecular weight excluding hydrogens is 293 g/mol. The van der Waals surface area contributed by atoms with Crippen molar-refractivity contribution in [2.75, 3.05) is 24.6 Å². The lowest BCUT2D eigenvalue weighted by Gasteiger charge is -2.33. The van der Waals surface area contributed by atoms with Gasteiger partial charge in [0.05, 0.1) is 23.9 Å². The first-order valence-electron chi connectivity index (χ1n) is 7.74. The van der Waals surface area contributed by atoms with Gasteiger partial charge in [0.25, 0.3) is 0 Å². The molecule has 1 aliphatic rings. The Morgan fingerprint density at radius 1 is 1.26 bits per heavy atom. The molecule has 23 heavy (non-hydrogen) atoms. The van der Waals surface area contributed by atoms with Crippen molar-refractivity contribution in [2.24, 2.45) is 5.92 Å². The Balaban J connectivity index is 1.53. The van der Waals surface area contributed by atoms with Crippen molar-refractivity contribution >= 4 is 5.69 Å². The van der Waals surface area contributed by atoms with Crippen LogP contribution in [0.1, 0.15) is 18.4 Å². The molecule has 0 unspecified atom stereocenters. The van der Waals surface area contributed by atoms with E-state index in [0.29, 0.717) is 29.7 Å².